The number of benzene rings is 2. The highest BCUT2D eigenvalue weighted by atomic mass is 79.9. The molecular weight excluding hydrogens is 307 g/mol. The van der Waals surface area contributed by atoms with Gasteiger partial charge in [0.25, 0.3) is 0 Å². The summed E-state index contributed by atoms with van der Waals surface area (Å²) in [6.07, 6.45) is 0. The highest BCUT2D eigenvalue weighted by molar-refractivity contribution is 9.10. The third kappa shape index (κ3) is 3.88. The molecule has 2 aromatic carbocycles. The van der Waals surface area contributed by atoms with Crippen LogP contribution in [0.2, 0.25) is 0 Å². The molecule has 0 aliphatic heterocycles. The molecule has 19 heavy (non-hydrogen) atoms. The van der Waals surface area contributed by atoms with Crippen molar-refractivity contribution in [2.24, 2.45) is 0 Å². The average Bonchev–Trinajstić information content (AvgIpc) is 2.42. The van der Waals surface area contributed by atoms with E-state index in [2.05, 4.69) is 27.3 Å². The standard InChI is InChI=1S/C15H12BrFN2/c16-15-7-14(17)6-5-13(15)10-19-9-12-3-1-11(8-18)2-4-12/h1-7,19H,9-10H2. The van der Waals surface area contributed by atoms with E-state index in [0.29, 0.717) is 18.7 Å². The van der Waals surface area contributed by atoms with Gasteiger partial charge < -0.3 is 5.32 Å². The molecule has 2 aromatic rings. The number of halogens is 2. The molecule has 0 aliphatic carbocycles. The second-order valence-electron chi connectivity index (χ2n) is 4.15. The number of rotatable bonds is 4. The quantitative estimate of drug-likeness (QED) is 0.932. The lowest BCUT2D eigenvalue weighted by Crippen LogP contribution is -2.13. The maximum atomic E-state index is 12.9. The van der Waals surface area contributed by atoms with Crippen LogP contribution in [0.3, 0.4) is 0 Å². The number of hydrogen-bond donors (Lipinski definition) is 1. The highest BCUT2D eigenvalue weighted by Gasteiger charge is 2.01. The molecule has 0 unspecified atom stereocenters. The molecule has 0 aliphatic rings. The molecule has 0 spiro atoms. The molecule has 2 nitrogen and oxygen atoms in total. The summed E-state index contributed by atoms with van der Waals surface area (Å²) >= 11 is 3.34. The van der Waals surface area contributed by atoms with Gasteiger partial charge in [0.15, 0.2) is 0 Å². The molecular formula is C15H12BrFN2. The van der Waals surface area contributed by atoms with Crippen molar-refractivity contribution in [1.29, 1.82) is 5.26 Å². The van der Waals surface area contributed by atoms with Crippen molar-refractivity contribution in [3.8, 4) is 6.07 Å². The first-order valence-electron chi connectivity index (χ1n) is 5.83. The van der Waals surface area contributed by atoms with Crippen LogP contribution in [0.25, 0.3) is 0 Å². The largest absolute Gasteiger partial charge is 0.309 e. The zero-order valence-corrected chi connectivity index (χ0v) is 11.7. The second-order valence-corrected chi connectivity index (χ2v) is 5.00. The Hall–Kier alpha value is -1.70. The van der Waals surface area contributed by atoms with Gasteiger partial charge >= 0.3 is 0 Å². The first-order valence-corrected chi connectivity index (χ1v) is 6.62. The van der Waals surface area contributed by atoms with E-state index >= 15 is 0 Å². The minimum Gasteiger partial charge on any atom is -0.309 e. The zero-order chi connectivity index (χ0) is 13.7. The Morgan fingerprint density at radius 1 is 1.11 bits per heavy atom. The monoisotopic (exact) mass is 318 g/mol. The SMILES string of the molecule is N#Cc1ccc(CNCc2ccc(F)cc2Br)cc1. The van der Waals surface area contributed by atoms with Crippen molar-refractivity contribution >= 4 is 15.9 Å². The molecule has 0 radical (unpaired) electrons. The lowest BCUT2D eigenvalue weighted by molar-refractivity contribution is 0.623. The maximum Gasteiger partial charge on any atom is 0.124 e. The predicted molar refractivity (Wildman–Crippen MR) is 75.8 cm³/mol. The van der Waals surface area contributed by atoms with E-state index in [0.717, 1.165) is 15.6 Å². The lowest BCUT2D eigenvalue weighted by Gasteiger charge is -2.07. The molecule has 0 aromatic heterocycles. The fourth-order valence-electron chi connectivity index (χ4n) is 1.70. The summed E-state index contributed by atoms with van der Waals surface area (Å²) in [5, 5.41) is 12.0. The van der Waals surface area contributed by atoms with Crippen molar-refractivity contribution in [2.75, 3.05) is 0 Å². The fourth-order valence-corrected chi connectivity index (χ4v) is 2.19. The molecule has 0 amide bonds. The van der Waals surface area contributed by atoms with Crippen molar-refractivity contribution in [3.05, 3.63) is 69.4 Å². The number of nitrogens with zero attached hydrogens (tertiary/aromatic N) is 1. The average molecular weight is 319 g/mol. The van der Waals surface area contributed by atoms with Gasteiger partial charge in [-0.05, 0) is 35.4 Å². The molecule has 2 rings (SSSR count). The van der Waals surface area contributed by atoms with Crippen molar-refractivity contribution in [1.82, 2.24) is 5.32 Å². The second kappa shape index (κ2) is 6.46. The van der Waals surface area contributed by atoms with Crippen LogP contribution in [0.4, 0.5) is 4.39 Å². The van der Waals surface area contributed by atoms with Gasteiger partial charge in [0.2, 0.25) is 0 Å². The summed E-state index contributed by atoms with van der Waals surface area (Å²) in [6.45, 7) is 1.36. The lowest BCUT2D eigenvalue weighted by atomic mass is 10.1. The Balaban J connectivity index is 1.91. The Morgan fingerprint density at radius 3 is 2.47 bits per heavy atom. The van der Waals surface area contributed by atoms with Gasteiger partial charge in [-0.15, -0.1) is 0 Å². The van der Waals surface area contributed by atoms with Gasteiger partial charge in [0.05, 0.1) is 11.6 Å². The van der Waals surface area contributed by atoms with E-state index < -0.39 is 0 Å². The van der Waals surface area contributed by atoms with Gasteiger partial charge in [0, 0.05) is 17.6 Å². The number of nitrogens with one attached hydrogen (secondary N) is 1. The Morgan fingerprint density at radius 2 is 1.84 bits per heavy atom. The van der Waals surface area contributed by atoms with Crippen LogP contribution in [0.15, 0.2) is 46.9 Å². The summed E-state index contributed by atoms with van der Waals surface area (Å²) in [5.74, 6) is -0.247. The first kappa shape index (κ1) is 13.7. The van der Waals surface area contributed by atoms with Crippen LogP contribution in [-0.4, -0.2) is 0 Å². The minimum atomic E-state index is -0.247. The van der Waals surface area contributed by atoms with E-state index in [4.69, 9.17) is 5.26 Å². The molecule has 0 saturated heterocycles. The van der Waals surface area contributed by atoms with Crippen LogP contribution < -0.4 is 5.32 Å². The normalized spacial score (nSPS) is 10.2. The minimum absolute atomic E-state index is 0.247. The van der Waals surface area contributed by atoms with Gasteiger partial charge in [-0.1, -0.05) is 34.1 Å². The molecule has 0 fully saturated rings. The third-order valence-electron chi connectivity index (χ3n) is 2.74. The summed E-state index contributed by atoms with van der Waals surface area (Å²) < 4.78 is 13.7. The fraction of sp³-hybridized carbons (Fsp3) is 0.133. The third-order valence-corrected chi connectivity index (χ3v) is 3.48. The maximum absolute atomic E-state index is 12.9. The summed E-state index contributed by atoms with van der Waals surface area (Å²) in [7, 11) is 0. The van der Waals surface area contributed by atoms with E-state index in [9.17, 15) is 4.39 Å². The van der Waals surface area contributed by atoms with Gasteiger partial charge in [-0.3, -0.25) is 0 Å². The molecule has 0 atom stereocenters. The molecule has 4 heteroatoms. The molecule has 0 heterocycles. The van der Waals surface area contributed by atoms with Gasteiger partial charge in [-0.25, -0.2) is 4.39 Å². The van der Waals surface area contributed by atoms with Crippen molar-refractivity contribution < 1.29 is 4.39 Å². The molecule has 0 bridgehead atoms. The van der Waals surface area contributed by atoms with Crippen LogP contribution in [0, 0.1) is 17.1 Å². The van der Waals surface area contributed by atoms with Gasteiger partial charge in [0.1, 0.15) is 5.82 Å². The first-order chi connectivity index (χ1) is 9.19. The molecule has 1 N–H and O–H groups in total. The van der Waals surface area contributed by atoms with Gasteiger partial charge in [-0.2, -0.15) is 5.26 Å². The Kier molecular flexibility index (Phi) is 4.67. The van der Waals surface area contributed by atoms with Crippen LogP contribution in [-0.2, 0) is 13.1 Å². The summed E-state index contributed by atoms with van der Waals surface area (Å²) in [4.78, 5) is 0. The molecule has 0 saturated carbocycles. The van der Waals surface area contributed by atoms with Crippen molar-refractivity contribution in [3.63, 3.8) is 0 Å². The van der Waals surface area contributed by atoms with E-state index in [1.165, 1.54) is 12.1 Å². The summed E-state index contributed by atoms with van der Waals surface area (Å²) in [5.41, 5.74) is 2.78. The highest BCUT2D eigenvalue weighted by Crippen LogP contribution is 2.17. The zero-order valence-electron chi connectivity index (χ0n) is 10.2. The van der Waals surface area contributed by atoms with Crippen LogP contribution in [0.5, 0.6) is 0 Å². The Labute approximate surface area is 120 Å². The predicted octanol–water partition coefficient (Wildman–Crippen LogP) is 3.75. The molecule has 96 valence electrons. The van der Waals surface area contributed by atoms with E-state index in [1.807, 2.05) is 12.1 Å². The van der Waals surface area contributed by atoms with E-state index in [1.54, 1.807) is 18.2 Å². The van der Waals surface area contributed by atoms with Crippen molar-refractivity contribution in [2.45, 2.75) is 13.1 Å². The van der Waals surface area contributed by atoms with Crippen LogP contribution >= 0.6 is 15.9 Å². The topological polar surface area (TPSA) is 35.8 Å². The smallest absolute Gasteiger partial charge is 0.124 e. The number of nitriles is 1. The van der Waals surface area contributed by atoms with Crippen LogP contribution in [0.1, 0.15) is 16.7 Å². The number of hydrogen-bond acceptors (Lipinski definition) is 2. The Bertz CT molecular complexity index is 603. The summed E-state index contributed by atoms with van der Waals surface area (Å²) in [6, 6.07) is 14.2. The van der Waals surface area contributed by atoms with E-state index in [-0.39, 0.29) is 5.82 Å².